The lowest BCUT2D eigenvalue weighted by Crippen LogP contribution is -2.50. The Kier molecular flexibility index (Phi) is 7.13. The van der Waals surface area contributed by atoms with Crippen LogP contribution in [0.15, 0.2) is 35.7 Å². The number of halogens is 1. The van der Waals surface area contributed by atoms with E-state index < -0.39 is 0 Å². The molecule has 5 nitrogen and oxygen atoms in total. The molecule has 0 saturated heterocycles. The van der Waals surface area contributed by atoms with E-state index in [1.165, 1.54) is 17.0 Å². The summed E-state index contributed by atoms with van der Waals surface area (Å²) in [5, 5.41) is 2.03. The van der Waals surface area contributed by atoms with Gasteiger partial charge in [-0.15, -0.1) is 11.3 Å². The van der Waals surface area contributed by atoms with Gasteiger partial charge in [0.25, 0.3) is 0 Å². The van der Waals surface area contributed by atoms with Gasteiger partial charge in [-0.2, -0.15) is 0 Å². The molecule has 2 amide bonds. The highest BCUT2D eigenvalue weighted by Gasteiger charge is 2.34. The second-order valence-corrected chi connectivity index (χ2v) is 9.13. The molecule has 0 spiro atoms. The summed E-state index contributed by atoms with van der Waals surface area (Å²) in [6.07, 6.45) is 0.797. The van der Waals surface area contributed by atoms with E-state index in [1.54, 1.807) is 28.4 Å². The highest BCUT2D eigenvalue weighted by Crippen LogP contribution is 2.34. The Morgan fingerprint density at radius 1 is 1.20 bits per heavy atom. The number of hydrogen-bond donors (Lipinski definition) is 0. The minimum Gasteiger partial charge on any atom is -0.491 e. The van der Waals surface area contributed by atoms with Crippen molar-refractivity contribution in [1.82, 2.24) is 9.80 Å². The number of benzene rings is 1. The number of thiophene rings is 1. The largest absolute Gasteiger partial charge is 0.491 e. The Balaban J connectivity index is 1.78. The van der Waals surface area contributed by atoms with Crippen LogP contribution in [-0.2, 0) is 16.0 Å². The Hall–Kier alpha value is -2.41. The fourth-order valence-corrected chi connectivity index (χ4v) is 4.59. The number of hydrogen-bond acceptors (Lipinski definition) is 4. The predicted molar refractivity (Wildman–Crippen MR) is 116 cm³/mol. The van der Waals surface area contributed by atoms with Crippen molar-refractivity contribution in [1.29, 1.82) is 0 Å². The Bertz CT molecular complexity index is 879. The fourth-order valence-electron chi connectivity index (χ4n) is 3.66. The summed E-state index contributed by atoms with van der Waals surface area (Å²) >= 11 is 1.69. The van der Waals surface area contributed by atoms with E-state index >= 15 is 0 Å². The fraction of sp³-hybridized carbons (Fsp3) is 0.478. The van der Waals surface area contributed by atoms with Crippen molar-refractivity contribution < 1.29 is 18.7 Å². The van der Waals surface area contributed by atoms with Crippen LogP contribution in [0, 0.1) is 11.7 Å². The Labute approximate surface area is 181 Å². The first kappa shape index (κ1) is 22.3. The van der Waals surface area contributed by atoms with E-state index in [1.807, 2.05) is 44.0 Å². The van der Waals surface area contributed by atoms with Crippen LogP contribution in [0.25, 0.3) is 0 Å². The smallest absolute Gasteiger partial charge is 0.242 e. The SMILES string of the molecule is CC(C)C(=O)N(CC(=O)N1CCc2sccc2C1COc1ccc(F)cc1)C(C)C. The maximum atomic E-state index is 13.3. The number of amides is 2. The number of carbonyl (C=O) groups excluding carboxylic acids is 2. The molecule has 0 fully saturated rings. The molecule has 0 bridgehead atoms. The predicted octanol–water partition coefficient (Wildman–Crippen LogP) is 4.29. The van der Waals surface area contributed by atoms with Gasteiger partial charge < -0.3 is 14.5 Å². The van der Waals surface area contributed by atoms with Gasteiger partial charge in [0.1, 0.15) is 24.7 Å². The lowest BCUT2D eigenvalue weighted by Gasteiger charge is -2.38. The first-order chi connectivity index (χ1) is 14.3. The number of nitrogens with zero attached hydrogens (tertiary/aromatic N) is 2. The molecule has 2 heterocycles. The molecule has 3 rings (SSSR count). The van der Waals surface area contributed by atoms with Gasteiger partial charge in [-0.25, -0.2) is 4.39 Å². The third-order valence-electron chi connectivity index (χ3n) is 5.34. The molecule has 1 aliphatic heterocycles. The highest BCUT2D eigenvalue weighted by atomic mass is 32.1. The standard InChI is InChI=1S/C23H29FN2O3S/c1-15(2)23(28)26(16(3)4)13-22(27)25-11-9-21-19(10-12-30-21)20(25)14-29-18-7-5-17(24)6-8-18/h5-8,10,12,15-16,20H,9,11,13-14H2,1-4H3. The molecule has 1 aliphatic rings. The van der Waals surface area contributed by atoms with Crippen molar-refractivity contribution in [3.8, 4) is 5.75 Å². The molecular formula is C23H29FN2O3S. The monoisotopic (exact) mass is 432 g/mol. The number of carbonyl (C=O) groups is 2. The molecule has 1 aromatic carbocycles. The van der Waals surface area contributed by atoms with Gasteiger partial charge in [-0.1, -0.05) is 13.8 Å². The topological polar surface area (TPSA) is 49.9 Å². The second-order valence-electron chi connectivity index (χ2n) is 8.13. The highest BCUT2D eigenvalue weighted by molar-refractivity contribution is 7.10. The first-order valence-corrected chi connectivity index (χ1v) is 11.2. The first-order valence-electron chi connectivity index (χ1n) is 10.3. The van der Waals surface area contributed by atoms with Gasteiger partial charge >= 0.3 is 0 Å². The van der Waals surface area contributed by atoms with E-state index in [4.69, 9.17) is 4.74 Å². The van der Waals surface area contributed by atoms with Gasteiger partial charge in [0.05, 0.1) is 6.04 Å². The average Bonchev–Trinajstić information content (AvgIpc) is 3.19. The summed E-state index contributed by atoms with van der Waals surface area (Å²) < 4.78 is 19.1. The van der Waals surface area contributed by atoms with E-state index in [9.17, 15) is 14.0 Å². The van der Waals surface area contributed by atoms with Crippen LogP contribution < -0.4 is 4.74 Å². The van der Waals surface area contributed by atoms with Crippen molar-refractivity contribution in [2.45, 2.75) is 46.2 Å². The third kappa shape index (κ3) is 5.01. The van der Waals surface area contributed by atoms with Gasteiger partial charge in [-0.05, 0) is 61.5 Å². The maximum absolute atomic E-state index is 13.3. The normalized spacial score (nSPS) is 16.0. The molecular weight excluding hydrogens is 403 g/mol. The lowest BCUT2D eigenvalue weighted by molar-refractivity contribution is -0.145. The number of fused-ring (bicyclic) bond motifs is 1. The molecule has 30 heavy (non-hydrogen) atoms. The summed E-state index contributed by atoms with van der Waals surface area (Å²) in [7, 11) is 0. The quantitative estimate of drug-likeness (QED) is 0.656. The molecule has 1 atom stereocenters. The average molecular weight is 433 g/mol. The summed E-state index contributed by atoms with van der Waals surface area (Å²) in [4.78, 5) is 30.6. The van der Waals surface area contributed by atoms with Crippen LogP contribution in [-0.4, -0.2) is 47.4 Å². The summed E-state index contributed by atoms with van der Waals surface area (Å²) in [5.74, 6) is -0.0268. The van der Waals surface area contributed by atoms with Gasteiger partial charge in [0.2, 0.25) is 11.8 Å². The number of ether oxygens (including phenoxy) is 1. The summed E-state index contributed by atoms with van der Waals surface area (Å²) in [6, 6.07) is 7.62. The van der Waals surface area contributed by atoms with E-state index in [-0.39, 0.29) is 48.8 Å². The van der Waals surface area contributed by atoms with Crippen LogP contribution in [0.5, 0.6) is 5.75 Å². The number of rotatable bonds is 7. The Morgan fingerprint density at radius 3 is 2.53 bits per heavy atom. The van der Waals surface area contributed by atoms with E-state index in [0.717, 1.165) is 12.0 Å². The molecule has 0 N–H and O–H groups in total. The van der Waals surface area contributed by atoms with Gasteiger partial charge in [0.15, 0.2) is 0 Å². The zero-order valence-electron chi connectivity index (χ0n) is 17.9. The molecule has 0 saturated carbocycles. The molecule has 0 radical (unpaired) electrons. The van der Waals surface area contributed by atoms with E-state index in [0.29, 0.717) is 12.3 Å². The molecule has 0 aliphatic carbocycles. The molecule has 1 aromatic heterocycles. The zero-order chi connectivity index (χ0) is 21.8. The van der Waals surface area contributed by atoms with Gasteiger partial charge in [-0.3, -0.25) is 9.59 Å². The molecule has 1 unspecified atom stereocenters. The summed E-state index contributed by atoms with van der Waals surface area (Å²) in [5.41, 5.74) is 1.09. The van der Waals surface area contributed by atoms with Crippen molar-refractivity contribution in [3.05, 3.63) is 52.0 Å². The molecule has 162 valence electrons. The molecule has 7 heteroatoms. The second kappa shape index (κ2) is 9.60. The minimum absolute atomic E-state index is 0.0225. The zero-order valence-corrected chi connectivity index (χ0v) is 18.7. The minimum atomic E-state index is -0.319. The van der Waals surface area contributed by atoms with E-state index in [2.05, 4.69) is 0 Å². The van der Waals surface area contributed by atoms with Crippen LogP contribution in [0.3, 0.4) is 0 Å². The summed E-state index contributed by atoms with van der Waals surface area (Å²) in [6.45, 7) is 8.47. The van der Waals surface area contributed by atoms with Gasteiger partial charge in [0, 0.05) is 23.4 Å². The maximum Gasteiger partial charge on any atom is 0.242 e. The Morgan fingerprint density at radius 2 is 1.90 bits per heavy atom. The third-order valence-corrected chi connectivity index (χ3v) is 6.34. The van der Waals surface area contributed by atoms with Crippen molar-refractivity contribution in [2.24, 2.45) is 5.92 Å². The van der Waals surface area contributed by atoms with Crippen LogP contribution in [0.2, 0.25) is 0 Å². The van der Waals surface area contributed by atoms with Crippen LogP contribution in [0.4, 0.5) is 4.39 Å². The molecule has 2 aromatic rings. The van der Waals surface area contributed by atoms with Crippen molar-refractivity contribution in [2.75, 3.05) is 19.7 Å². The van der Waals surface area contributed by atoms with Crippen molar-refractivity contribution in [3.63, 3.8) is 0 Å². The van der Waals surface area contributed by atoms with Crippen molar-refractivity contribution >= 4 is 23.2 Å². The van der Waals surface area contributed by atoms with Crippen LogP contribution in [0.1, 0.15) is 44.2 Å². The lowest BCUT2D eigenvalue weighted by atomic mass is 10.00. The van der Waals surface area contributed by atoms with Crippen LogP contribution >= 0.6 is 11.3 Å².